The number of nitrogens with zero attached hydrogens (tertiary/aromatic N) is 6. The quantitative estimate of drug-likeness (QED) is 0.323. The van der Waals surface area contributed by atoms with Crippen LogP contribution in [0.1, 0.15) is 38.8 Å². The average Bonchev–Trinajstić information content (AvgIpc) is 3.66. The topological polar surface area (TPSA) is 219 Å². The zero-order valence-corrected chi connectivity index (χ0v) is 25.5. The molecule has 2 aromatic heterocycles. The Morgan fingerprint density at radius 1 is 0.705 bits per heavy atom. The summed E-state index contributed by atoms with van der Waals surface area (Å²) in [5.74, 6) is -1.04. The van der Waals surface area contributed by atoms with Gasteiger partial charge in [-0.15, -0.1) is 0 Å². The molecule has 4 fully saturated rings. The molecule has 6 heterocycles. The molecule has 16 nitrogen and oxygen atoms in total. The van der Waals surface area contributed by atoms with Gasteiger partial charge in [-0.25, -0.2) is 19.9 Å². The van der Waals surface area contributed by atoms with Gasteiger partial charge in [0.25, 0.3) is 0 Å². The fourth-order valence-corrected chi connectivity index (χ4v) is 5.66. The van der Waals surface area contributed by atoms with Crippen molar-refractivity contribution in [2.75, 3.05) is 23.8 Å². The Balaban J connectivity index is 0.000000175. The maximum atomic E-state index is 9.42. The van der Waals surface area contributed by atoms with E-state index in [9.17, 15) is 10.2 Å². The number of aromatic nitrogens is 4. The van der Waals surface area contributed by atoms with Crippen LogP contribution in [0.2, 0.25) is 10.3 Å². The number of aliphatic hydroxyl groups excluding tert-OH is 2. The number of nitrogens with one attached hydrogen (secondary N) is 2. The first-order chi connectivity index (χ1) is 20.9. The Labute approximate surface area is 262 Å². The van der Waals surface area contributed by atoms with Crippen LogP contribution in [-0.2, 0) is 28.4 Å². The number of anilines is 2. The predicted octanol–water partition coefficient (Wildman–Crippen LogP) is 1.30. The number of halogens is 2. The third-order valence-electron chi connectivity index (χ3n) is 7.04. The lowest BCUT2D eigenvalue weighted by Gasteiger charge is -2.24. The second-order valence-corrected chi connectivity index (χ2v) is 11.7. The standard InChI is InChI=1S/2C13H15ClN4O4/c2*1-13(2)21-8-7(4-19)20-12(9(8)22-13)18-11-6(3-15)10(14)16-5-17-11/h2*5,7-9,12,19H,4H2,1-2H3,(H,16,17,18)/t2*7-,8-,9-,12-/m11/s1. The summed E-state index contributed by atoms with van der Waals surface area (Å²) < 4.78 is 34.5. The number of hydrogen-bond acceptors (Lipinski definition) is 16. The molecule has 0 saturated carbocycles. The Morgan fingerprint density at radius 3 is 1.41 bits per heavy atom. The van der Waals surface area contributed by atoms with Gasteiger partial charge in [0.1, 0.15) is 72.5 Å². The molecule has 44 heavy (non-hydrogen) atoms. The first-order valence-corrected chi connectivity index (χ1v) is 14.2. The number of ether oxygens (including phenoxy) is 6. The summed E-state index contributed by atoms with van der Waals surface area (Å²) in [6.45, 7) is 6.76. The van der Waals surface area contributed by atoms with Gasteiger partial charge in [-0.1, -0.05) is 23.2 Å². The van der Waals surface area contributed by atoms with Gasteiger partial charge in [0.05, 0.1) is 13.2 Å². The van der Waals surface area contributed by atoms with Gasteiger partial charge in [-0.05, 0) is 27.7 Å². The van der Waals surface area contributed by atoms with Crippen molar-refractivity contribution in [3.63, 3.8) is 0 Å². The molecule has 0 unspecified atom stereocenters. The van der Waals surface area contributed by atoms with Crippen molar-refractivity contribution >= 4 is 34.8 Å². The highest BCUT2D eigenvalue weighted by molar-refractivity contribution is 6.31. The van der Waals surface area contributed by atoms with Crippen molar-refractivity contribution in [2.24, 2.45) is 0 Å². The lowest BCUT2D eigenvalue weighted by molar-refractivity contribution is -0.187. The Kier molecular flexibility index (Phi) is 9.41. The van der Waals surface area contributed by atoms with Gasteiger partial charge in [0.15, 0.2) is 46.0 Å². The van der Waals surface area contributed by atoms with Crippen LogP contribution in [0.3, 0.4) is 0 Å². The fourth-order valence-electron chi connectivity index (χ4n) is 5.30. The third kappa shape index (κ3) is 6.51. The molecule has 4 saturated heterocycles. The summed E-state index contributed by atoms with van der Waals surface area (Å²) >= 11 is 11.8. The molecule has 0 amide bonds. The smallest absolute Gasteiger partial charge is 0.164 e. The van der Waals surface area contributed by atoms with Gasteiger partial charge in [-0.3, -0.25) is 0 Å². The van der Waals surface area contributed by atoms with Crippen molar-refractivity contribution in [1.29, 1.82) is 10.5 Å². The molecular formula is C26H30Cl2N8O8. The van der Waals surface area contributed by atoms with Crippen LogP contribution in [0.5, 0.6) is 0 Å². The van der Waals surface area contributed by atoms with Crippen molar-refractivity contribution in [3.8, 4) is 12.1 Å². The van der Waals surface area contributed by atoms with E-state index in [1.165, 1.54) is 12.7 Å². The van der Waals surface area contributed by atoms with Crippen LogP contribution in [0, 0.1) is 22.7 Å². The highest BCUT2D eigenvalue weighted by Gasteiger charge is 2.56. The van der Waals surface area contributed by atoms with Crippen LogP contribution >= 0.6 is 23.2 Å². The third-order valence-corrected chi connectivity index (χ3v) is 7.62. The molecule has 236 valence electrons. The SMILES string of the molecule is CC1(C)O[C@@H]2[C@H](O1)[C@@H](CO)O[C@H]2Nc1ncnc(Cl)c1C#N.CC1(C)O[C@@H]2[C@H](O1)[C@@H](CO)O[C@H]2Nc1ncnc(Cl)c1C#N. The van der Waals surface area contributed by atoms with Crippen LogP contribution in [0.4, 0.5) is 11.6 Å². The predicted molar refractivity (Wildman–Crippen MR) is 150 cm³/mol. The fraction of sp³-hybridized carbons (Fsp3) is 0.615. The Morgan fingerprint density at radius 2 is 1.07 bits per heavy atom. The van der Waals surface area contributed by atoms with E-state index in [1.54, 1.807) is 27.7 Å². The molecule has 0 bridgehead atoms. The van der Waals surface area contributed by atoms with Crippen molar-refractivity contribution in [3.05, 3.63) is 34.1 Å². The van der Waals surface area contributed by atoms with Gasteiger partial charge in [-0.2, -0.15) is 10.5 Å². The normalized spacial score (nSPS) is 32.5. The van der Waals surface area contributed by atoms with Crippen LogP contribution in [0.25, 0.3) is 0 Å². The number of nitriles is 2. The minimum absolute atomic E-state index is 0.0529. The molecule has 4 aliphatic heterocycles. The summed E-state index contributed by atoms with van der Waals surface area (Å²) in [5, 5.41) is 43.2. The average molecular weight is 653 g/mol. The summed E-state index contributed by atoms with van der Waals surface area (Å²) in [6, 6.07) is 3.88. The zero-order valence-electron chi connectivity index (χ0n) is 24.0. The van der Waals surface area contributed by atoms with Crippen molar-refractivity contribution < 1.29 is 38.6 Å². The zero-order chi connectivity index (χ0) is 31.8. The molecule has 4 N–H and O–H groups in total. The second-order valence-electron chi connectivity index (χ2n) is 11.0. The van der Waals surface area contributed by atoms with Gasteiger partial charge in [0.2, 0.25) is 0 Å². The van der Waals surface area contributed by atoms with E-state index < -0.39 is 60.7 Å². The van der Waals surface area contributed by atoms with Crippen molar-refractivity contribution in [1.82, 2.24) is 19.9 Å². The summed E-state index contributed by atoms with van der Waals surface area (Å²) in [5.41, 5.74) is 0.241. The van der Waals surface area contributed by atoms with Gasteiger partial charge in [0, 0.05) is 0 Å². The van der Waals surface area contributed by atoms with Crippen LogP contribution in [-0.4, -0.2) is 104 Å². The Bertz CT molecular complexity index is 1350. The maximum absolute atomic E-state index is 9.42. The monoisotopic (exact) mass is 652 g/mol. The molecule has 18 heteroatoms. The van der Waals surface area contributed by atoms with Crippen LogP contribution in [0.15, 0.2) is 12.7 Å². The first kappa shape index (κ1) is 32.4. The number of aliphatic hydroxyl groups is 2. The summed E-state index contributed by atoms with van der Waals surface area (Å²) in [6.07, 6.45) is -1.47. The molecule has 0 aliphatic carbocycles. The van der Waals surface area contributed by atoms with E-state index in [0.29, 0.717) is 0 Å². The molecule has 0 radical (unpaired) electrons. The number of hydrogen-bond donors (Lipinski definition) is 4. The largest absolute Gasteiger partial charge is 0.394 e. The first-order valence-electron chi connectivity index (χ1n) is 13.5. The van der Waals surface area contributed by atoms with E-state index >= 15 is 0 Å². The summed E-state index contributed by atoms with van der Waals surface area (Å²) in [4.78, 5) is 15.5. The summed E-state index contributed by atoms with van der Waals surface area (Å²) in [7, 11) is 0. The molecule has 0 aromatic carbocycles. The van der Waals surface area contributed by atoms with Crippen molar-refractivity contribution in [2.45, 2.75) is 88.3 Å². The van der Waals surface area contributed by atoms with E-state index in [0.717, 1.165) is 0 Å². The minimum Gasteiger partial charge on any atom is -0.394 e. The van der Waals surface area contributed by atoms with E-state index in [-0.39, 0.29) is 46.3 Å². The Hall–Kier alpha value is -3.00. The molecule has 6 rings (SSSR count). The maximum Gasteiger partial charge on any atom is 0.164 e. The molecular weight excluding hydrogens is 623 g/mol. The van der Waals surface area contributed by atoms with E-state index in [1.807, 2.05) is 12.1 Å². The molecule has 8 atom stereocenters. The lowest BCUT2D eigenvalue weighted by atomic mass is 10.1. The molecule has 4 aliphatic rings. The van der Waals surface area contributed by atoms with Gasteiger partial charge >= 0.3 is 0 Å². The van der Waals surface area contributed by atoms with Gasteiger partial charge < -0.3 is 49.3 Å². The van der Waals surface area contributed by atoms with E-state index in [2.05, 4.69) is 30.6 Å². The molecule has 2 aromatic rings. The molecule has 0 spiro atoms. The highest BCUT2D eigenvalue weighted by Crippen LogP contribution is 2.40. The lowest BCUT2D eigenvalue weighted by Crippen LogP contribution is -2.35. The minimum atomic E-state index is -0.770. The second kappa shape index (κ2) is 12.8. The van der Waals surface area contributed by atoms with E-state index in [4.69, 9.17) is 62.1 Å². The highest BCUT2D eigenvalue weighted by atomic mass is 35.5. The van der Waals surface area contributed by atoms with Crippen LogP contribution < -0.4 is 10.6 Å². The number of fused-ring (bicyclic) bond motifs is 2. The number of rotatable bonds is 6.